The molecule has 4 nitrogen and oxygen atoms in total. The van der Waals surface area contributed by atoms with E-state index >= 15 is 0 Å². The molecule has 7 atom stereocenters. The standard InChI is InChI=1S/C22H31NO3/c1-12(24)19-16(20(23)26)11-18-15-5-4-13-10-14(25)6-8-21(13,2)17(15)7-9-22(18,19)3/h10,15-19H,4-9,11H2,1-3H3,(H2,23,26)/t15-,16+,17+,18+,19-,21+,22+/m1/s1. The molecule has 4 heteroatoms. The van der Waals surface area contributed by atoms with E-state index in [0.29, 0.717) is 24.2 Å². The van der Waals surface area contributed by atoms with E-state index < -0.39 is 0 Å². The monoisotopic (exact) mass is 357 g/mol. The maximum atomic E-state index is 12.5. The van der Waals surface area contributed by atoms with Crippen molar-refractivity contribution in [1.82, 2.24) is 0 Å². The van der Waals surface area contributed by atoms with Crippen LogP contribution < -0.4 is 5.73 Å². The Balaban J connectivity index is 1.71. The first-order chi connectivity index (χ1) is 12.2. The van der Waals surface area contributed by atoms with Crippen LogP contribution in [0.3, 0.4) is 0 Å². The average molecular weight is 357 g/mol. The van der Waals surface area contributed by atoms with Crippen molar-refractivity contribution in [1.29, 1.82) is 0 Å². The number of Topliss-reactive ketones (excluding diaryl/α,β-unsaturated/α-hetero) is 1. The van der Waals surface area contributed by atoms with E-state index in [1.807, 2.05) is 6.08 Å². The molecule has 0 aromatic carbocycles. The van der Waals surface area contributed by atoms with Crippen LogP contribution in [0.4, 0.5) is 0 Å². The Morgan fingerprint density at radius 1 is 1.12 bits per heavy atom. The maximum Gasteiger partial charge on any atom is 0.221 e. The van der Waals surface area contributed by atoms with E-state index in [1.54, 1.807) is 6.92 Å². The highest BCUT2D eigenvalue weighted by atomic mass is 16.1. The summed E-state index contributed by atoms with van der Waals surface area (Å²) in [6.07, 6.45) is 8.46. The summed E-state index contributed by atoms with van der Waals surface area (Å²) in [4.78, 5) is 36.5. The Bertz CT molecular complexity index is 710. The van der Waals surface area contributed by atoms with Gasteiger partial charge in [0.25, 0.3) is 0 Å². The molecule has 0 aliphatic heterocycles. The number of amides is 1. The predicted octanol–water partition coefficient (Wildman–Crippen LogP) is 3.43. The van der Waals surface area contributed by atoms with Gasteiger partial charge >= 0.3 is 0 Å². The molecule has 0 aromatic heterocycles. The largest absolute Gasteiger partial charge is 0.369 e. The Morgan fingerprint density at radius 3 is 2.50 bits per heavy atom. The third kappa shape index (κ3) is 2.30. The third-order valence-electron chi connectivity index (χ3n) is 8.82. The molecule has 0 radical (unpaired) electrons. The molecule has 4 rings (SSSR count). The molecule has 0 spiro atoms. The zero-order valence-electron chi connectivity index (χ0n) is 16.2. The van der Waals surface area contributed by atoms with E-state index in [9.17, 15) is 14.4 Å². The molecule has 0 aromatic rings. The van der Waals surface area contributed by atoms with Gasteiger partial charge in [-0.15, -0.1) is 0 Å². The summed E-state index contributed by atoms with van der Waals surface area (Å²) in [6, 6.07) is 0. The van der Waals surface area contributed by atoms with E-state index in [4.69, 9.17) is 5.73 Å². The van der Waals surface area contributed by atoms with Gasteiger partial charge < -0.3 is 5.73 Å². The summed E-state index contributed by atoms with van der Waals surface area (Å²) >= 11 is 0. The first kappa shape index (κ1) is 17.9. The summed E-state index contributed by atoms with van der Waals surface area (Å²) in [5.74, 6) is 1.07. The minimum absolute atomic E-state index is 0.102. The highest BCUT2D eigenvalue weighted by molar-refractivity contribution is 5.91. The lowest BCUT2D eigenvalue weighted by atomic mass is 9.46. The summed E-state index contributed by atoms with van der Waals surface area (Å²) in [6.45, 7) is 6.23. The van der Waals surface area contributed by atoms with Crippen LogP contribution in [0, 0.1) is 40.4 Å². The summed E-state index contributed by atoms with van der Waals surface area (Å²) in [5.41, 5.74) is 7.09. The first-order valence-corrected chi connectivity index (χ1v) is 10.2. The summed E-state index contributed by atoms with van der Waals surface area (Å²) in [7, 11) is 0. The van der Waals surface area contributed by atoms with Gasteiger partial charge in [0.05, 0.1) is 0 Å². The number of rotatable bonds is 2. The van der Waals surface area contributed by atoms with Crippen molar-refractivity contribution in [2.45, 2.75) is 65.7 Å². The van der Waals surface area contributed by atoms with Gasteiger partial charge in [0, 0.05) is 18.3 Å². The highest BCUT2D eigenvalue weighted by Crippen LogP contribution is 2.67. The average Bonchev–Trinajstić information content (AvgIpc) is 2.89. The molecular weight excluding hydrogens is 326 g/mol. The van der Waals surface area contributed by atoms with Gasteiger partial charge in [0.2, 0.25) is 5.91 Å². The topological polar surface area (TPSA) is 77.2 Å². The second-order valence-corrected chi connectivity index (χ2v) is 9.85. The first-order valence-electron chi connectivity index (χ1n) is 10.2. The maximum absolute atomic E-state index is 12.5. The predicted molar refractivity (Wildman–Crippen MR) is 98.9 cm³/mol. The molecule has 26 heavy (non-hydrogen) atoms. The molecule has 1 amide bonds. The van der Waals surface area contributed by atoms with Crippen LogP contribution >= 0.6 is 0 Å². The molecule has 0 unspecified atom stereocenters. The lowest BCUT2D eigenvalue weighted by Crippen LogP contribution is -2.51. The third-order valence-corrected chi connectivity index (χ3v) is 8.82. The highest BCUT2D eigenvalue weighted by Gasteiger charge is 2.63. The van der Waals surface area contributed by atoms with Crippen LogP contribution in [0.25, 0.3) is 0 Å². The van der Waals surface area contributed by atoms with Crippen molar-refractivity contribution in [3.63, 3.8) is 0 Å². The summed E-state index contributed by atoms with van der Waals surface area (Å²) < 4.78 is 0. The van der Waals surface area contributed by atoms with Crippen molar-refractivity contribution in [3.05, 3.63) is 11.6 Å². The molecule has 0 saturated heterocycles. The lowest BCUT2D eigenvalue weighted by Gasteiger charge is -2.58. The van der Waals surface area contributed by atoms with Crippen molar-refractivity contribution in [3.8, 4) is 0 Å². The fourth-order valence-corrected chi connectivity index (χ4v) is 7.63. The number of carbonyl (C=O) groups is 3. The van der Waals surface area contributed by atoms with Crippen LogP contribution in [0.15, 0.2) is 11.6 Å². The molecule has 0 bridgehead atoms. The fraction of sp³-hybridized carbons (Fsp3) is 0.773. The molecular formula is C22H31NO3. The van der Waals surface area contributed by atoms with Crippen LogP contribution in [0.2, 0.25) is 0 Å². The van der Waals surface area contributed by atoms with Crippen molar-refractivity contribution in [2.75, 3.05) is 0 Å². The van der Waals surface area contributed by atoms with Gasteiger partial charge in [-0.2, -0.15) is 0 Å². The fourth-order valence-electron chi connectivity index (χ4n) is 7.63. The van der Waals surface area contributed by atoms with Gasteiger partial charge in [-0.05, 0) is 80.1 Å². The molecule has 4 aliphatic carbocycles. The van der Waals surface area contributed by atoms with E-state index in [-0.39, 0.29) is 40.1 Å². The van der Waals surface area contributed by atoms with Gasteiger partial charge in [-0.1, -0.05) is 19.4 Å². The van der Waals surface area contributed by atoms with Gasteiger partial charge in [-0.25, -0.2) is 0 Å². The Labute approximate surface area is 156 Å². The van der Waals surface area contributed by atoms with Crippen LogP contribution in [-0.2, 0) is 14.4 Å². The van der Waals surface area contributed by atoms with E-state index in [2.05, 4.69) is 13.8 Å². The minimum atomic E-state index is -0.307. The zero-order chi connectivity index (χ0) is 18.9. The van der Waals surface area contributed by atoms with Gasteiger partial charge in [0.15, 0.2) is 5.78 Å². The second-order valence-electron chi connectivity index (χ2n) is 9.85. The number of carbonyl (C=O) groups excluding carboxylic acids is 3. The number of ketones is 2. The van der Waals surface area contributed by atoms with Crippen LogP contribution in [0.5, 0.6) is 0 Å². The Morgan fingerprint density at radius 2 is 1.85 bits per heavy atom. The summed E-state index contributed by atoms with van der Waals surface area (Å²) in [5, 5.41) is 0. The number of hydrogen-bond acceptors (Lipinski definition) is 3. The minimum Gasteiger partial charge on any atom is -0.369 e. The van der Waals surface area contributed by atoms with Gasteiger partial charge in [0.1, 0.15) is 5.78 Å². The molecule has 2 N–H and O–H groups in total. The SMILES string of the molecule is CC(=O)[C@@H]1[C@@H](C(N)=O)C[C@H]2[C@@H]3CCC4=CC(=O)CC[C@]4(C)[C@H]3CC[C@]12C. The Hall–Kier alpha value is -1.45. The second kappa shape index (κ2) is 5.77. The number of nitrogens with two attached hydrogens (primary N) is 1. The zero-order valence-corrected chi connectivity index (χ0v) is 16.2. The number of hydrogen-bond donors (Lipinski definition) is 1. The van der Waals surface area contributed by atoms with Crippen molar-refractivity contribution in [2.24, 2.45) is 46.2 Å². The number of allylic oxidation sites excluding steroid dienone is 1. The Kier molecular flexibility index (Phi) is 3.98. The molecule has 0 heterocycles. The van der Waals surface area contributed by atoms with Gasteiger partial charge in [-0.3, -0.25) is 14.4 Å². The molecule has 3 fully saturated rings. The smallest absolute Gasteiger partial charge is 0.221 e. The molecule has 142 valence electrons. The van der Waals surface area contributed by atoms with Crippen LogP contribution in [0.1, 0.15) is 65.7 Å². The number of fused-ring (bicyclic) bond motifs is 5. The normalized spacial score (nSPS) is 47.4. The van der Waals surface area contributed by atoms with E-state index in [0.717, 1.165) is 38.5 Å². The molecule has 4 aliphatic rings. The van der Waals surface area contributed by atoms with Crippen LogP contribution in [-0.4, -0.2) is 17.5 Å². The number of primary amides is 1. The lowest BCUT2D eigenvalue weighted by molar-refractivity contribution is -0.134. The quantitative estimate of drug-likeness (QED) is 0.822. The molecule has 3 saturated carbocycles. The van der Waals surface area contributed by atoms with Crippen molar-refractivity contribution >= 4 is 17.5 Å². The van der Waals surface area contributed by atoms with E-state index in [1.165, 1.54) is 5.57 Å². The van der Waals surface area contributed by atoms with Crippen molar-refractivity contribution < 1.29 is 14.4 Å².